The Morgan fingerprint density at radius 3 is 2.81 bits per heavy atom. The van der Waals surface area contributed by atoms with Crippen LogP contribution < -0.4 is 5.32 Å². The molecule has 0 radical (unpaired) electrons. The number of rotatable bonds is 7. The highest BCUT2D eigenvalue weighted by atomic mass is 32.1. The third-order valence-electron chi connectivity index (χ3n) is 7.28. The summed E-state index contributed by atoms with van der Waals surface area (Å²) in [7, 11) is 0. The van der Waals surface area contributed by atoms with E-state index in [0.717, 1.165) is 68.7 Å². The highest BCUT2D eigenvalue weighted by molar-refractivity contribution is 7.11. The fourth-order valence-corrected chi connectivity index (χ4v) is 6.38. The minimum atomic E-state index is -4.13. The summed E-state index contributed by atoms with van der Waals surface area (Å²) in [4.78, 5) is 25.2. The van der Waals surface area contributed by atoms with Crippen LogP contribution in [-0.2, 0) is 19.4 Å². The maximum atomic E-state index is 12.9. The van der Waals surface area contributed by atoms with Gasteiger partial charge in [-0.1, -0.05) is 6.07 Å². The van der Waals surface area contributed by atoms with E-state index in [1.54, 1.807) is 13.0 Å². The number of hydrogen-bond donors (Lipinski definition) is 1. The summed E-state index contributed by atoms with van der Waals surface area (Å²) in [6.07, 6.45) is 1.08. The van der Waals surface area contributed by atoms with Gasteiger partial charge in [-0.05, 0) is 63.1 Å². The molecule has 2 aliphatic rings. The molecule has 2 aromatic heterocycles. The Bertz CT molecular complexity index is 1210. The smallest absolute Gasteiger partial charge is 0.389 e. The molecule has 3 aromatic rings. The lowest BCUT2D eigenvalue weighted by Crippen LogP contribution is -2.38. The molecule has 194 valence electrons. The van der Waals surface area contributed by atoms with Gasteiger partial charge < -0.3 is 9.73 Å². The van der Waals surface area contributed by atoms with E-state index in [1.165, 1.54) is 11.3 Å². The Morgan fingerprint density at radius 2 is 2.03 bits per heavy atom. The van der Waals surface area contributed by atoms with E-state index in [2.05, 4.69) is 20.2 Å². The molecule has 0 saturated heterocycles. The van der Waals surface area contributed by atoms with Crippen LogP contribution in [0.4, 0.5) is 13.2 Å². The summed E-state index contributed by atoms with van der Waals surface area (Å²) in [6.45, 7) is 4.42. The molecule has 0 bridgehead atoms. The van der Waals surface area contributed by atoms with E-state index in [0.29, 0.717) is 33.5 Å². The summed E-state index contributed by atoms with van der Waals surface area (Å²) in [6, 6.07) is 5.61. The van der Waals surface area contributed by atoms with Crippen LogP contribution in [0.2, 0.25) is 0 Å². The molecule has 5 rings (SSSR count). The number of para-hydroxylation sites is 1. The Labute approximate surface area is 212 Å². The highest BCUT2D eigenvalue weighted by Gasteiger charge is 2.29. The summed E-state index contributed by atoms with van der Waals surface area (Å²) in [5.74, 6) is 1.06. The van der Waals surface area contributed by atoms with Crippen LogP contribution in [0.5, 0.6) is 0 Å². The third-order valence-corrected chi connectivity index (χ3v) is 8.49. The number of amides is 1. The van der Waals surface area contributed by atoms with Gasteiger partial charge in [-0.2, -0.15) is 13.2 Å². The SMILES string of the molecule is Cc1nc2cccc(C(=O)NC3CCC(CCN4CCc5sc(CCC(F)(F)F)nc5C4)CC3)c2o1. The zero-order chi connectivity index (χ0) is 25.3. The Morgan fingerprint density at radius 1 is 1.22 bits per heavy atom. The lowest BCUT2D eigenvalue weighted by Gasteiger charge is -2.32. The van der Waals surface area contributed by atoms with Gasteiger partial charge in [0.25, 0.3) is 5.91 Å². The van der Waals surface area contributed by atoms with Crippen molar-refractivity contribution in [2.75, 3.05) is 13.1 Å². The first-order valence-corrected chi connectivity index (χ1v) is 13.5. The molecule has 6 nitrogen and oxygen atoms in total. The number of aromatic nitrogens is 2. The fourth-order valence-electron chi connectivity index (χ4n) is 5.32. The first-order valence-electron chi connectivity index (χ1n) is 12.7. The number of hydrogen-bond acceptors (Lipinski definition) is 6. The van der Waals surface area contributed by atoms with E-state index in [-0.39, 0.29) is 18.4 Å². The molecule has 1 aliphatic heterocycles. The van der Waals surface area contributed by atoms with Crippen molar-refractivity contribution in [3.8, 4) is 0 Å². The topological polar surface area (TPSA) is 71.3 Å². The van der Waals surface area contributed by atoms with Crippen LogP contribution in [0, 0.1) is 12.8 Å². The van der Waals surface area contributed by atoms with Crippen molar-refractivity contribution in [3.63, 3.8) is 0 Å². The number of alkyl halides is 3. The molecule has 1 N–H and O–H groups in total. The largest absolute Gasteiger partial charge is 0.440 e. The number of benzene rings is 1. The van der Waals surface area contributed by atoms with Crippen LogP contribution in [0.15, 0.2) is 22.6 Å². The van der Waals surface area contributed by atoms with Crippen molar-refractivity contribution < 1.29 is 22.4 Å². The van der Waals surface area contributed by atoms with Gasteiger partial charge in [0, 0.05) is 43.8 Å². The van der Waals surface area contributed by atoms with Gasteiger partial charge in [0.2, 0.25) is 0 Å². The summed E-state index contributed by atoms with van der Waals surface area (Å²) < 4.78 is 43.2. The molecule has 36 heavy (non-hydrogen) atoms. The summed E-state index contributed by atoms with van der Waals surface area (Å²) in [5.41, 5.74) is 2.73. The lowest BCUT2D eigenvalue weighted by molar-refractivity contribution is -0.134. The zero-order valence-electron chi connectivity index (χ0n) is 20.4. The molecule has 0 unspecified atom stereocenters. The van der Waals surface area contributed by atoms with Crippen LogP contribution in [-0.4, -0.2) is 46.1 Å². The Kier molecular flexibility index (Phi) is 7.35. The van der Waals surface area contributed by atoms with Gasteiger partial charge in [0.05, 0.1) is 16.3 Å². The second-order valence-corrected chi connectivity index (χ2v) is 11.2. The number of carbonyl (C=O) groups excluding carboxylic acids is 1. The Hall–Kier alpha value is -2.46. The van der Waals surface area contributed by atoms with Gasteiger partial charge >= 0.3 is 6.18 Å². The van der Waals surface area contributed by atoms with Gasteiger partial charge in [0.1, 0.15) is 5.52 Å². The molecule has 1 amide bonds. The molecule has 3 heterocycles. The van der Waals surface area contributed by atoms with Crippen LogP contribution in [0.25, 0.3) is 11.1 Å². The number of nitrogens with zero attached hydrogens (tertiary/aromatic N) is 3. The summed E-state index contributed by atoms with van der Waals surface area (Å²) in [5, 5.41) is 3.79. The van der Waals surface area contributed by atoms with Gasteiger partial charge in [-0.15, -0.1) is 11.3 Å². The number of carbonyl (C=O) groups is 1. The molecule has 1 fully saturated rings. The first-order chi connectivity index (χ1) is 17.2. The quantitative estimate of drug-likeness (QED) is 0.425. The van der Waals surface area contributed by atoms with Crippen LogP contribution in [0.1, 0.15) is 70.4 Å². The predicted molar refractivity (Wildman–Crippen MR) is 132 cm³/mol. The number of aryl methyl sites for hydroxylation is 2. The molecule has 10 heteroatoms. The molecule has 0 spiro atoms. The number of halogens is 3. The molecule has 1 saturated carbocycles. The van der Waals surface area contributed by atoms with Crippen molar-refractivity contribution in [3.05, 3.63) is 45.2 Å². The normalized spacial score (nSPS) is 21.0. The molecule has 1 aliphatic carbocycles. The van der Waals surface area contributed by atoms with Crippen molar-refractivity contribution >= 4 is 28.3 Å². The fraction of sp³-hybridized carbons (Fsp3) is 0.577. The lowest BCUT2D eigenvalue weighted by atomic mass is 9.84. The van der Waals surface area contributed by atoms with Gasteiger partial charge in [-0.3, -0.25) is 9.69 Å². The minimum absolute atomic E-state index is 0.0197. The minimum Gasteiger partial charge on any atom is -0.440 e. The average molecular weight is 521 g/mol. The Balaban J connectivity index is 1.06. The summed E-state index contributed by atoms with van der Waals surface area (Å²) >= 11 is 1.45. The monoisotopic (exact) mass is 520 g/mol. The number of nitrogens with one attached hydrogen (secondary N) is 1. The maximum Gasteiger partial charge on any atom is 0.389 e. The first kappa shape index (κ1) is 25.2. The zero-order valence-corrected chi connectivity index (χ0v) is 21.2. The van der Waals surface area contributed by atoms with Gasteiger partial charge in [-0.25, -0.2) is 9.97 Å². The molecular formula is C26H31F3N4O2S. The standard InChI is InChI=1S/C26H31F3N4O2S/c1-16-30-20-4-2-3-19(24(20)35-16)25(34)31-18-7-5-17(6-8-18)10-13-33-14-11-22-21(15-33)32-23(36-22)9-12-26(27,28)29/h2-4,17-18H,5-15H2,1H3,(H,31,34). The third kappa shape index (κ3) is 6.08. The van der Waals surface area contributed by atoms with Crippen molar-refractivity contribution in [1.29, 1.82) is 0 Å². The van der Waals surface area contributed by atoms with Crippen LogP contribution in [0.3, 0.4) is 0 Å². The van der Waals surface area contributed by atoms with Crippen molar-refractivity contribution in [2.24, 2.45) is 5.92 Å². The second kappa shape index (κ2) is 10.5. The predicted octanol–water partition coefficient (Wildman–Crippen LogP) is 5.82. The average Bonchev–Trinajstić information content (AvgIpc) is 3.43. The number of thiazole rings is 1. The molecular weight excluding hydrogens is 489 g/mol. The van der Waals surface area contributed by atoms with E-state index < -0.39 is 12.6 Å². The van der Waals surface area contributed by atoms with Crippen molar-refractivity contribution in [1.82, 2.24) is 20.2 Å². The number of oxazole rings is 1. The van der Waals surface area contributed by atoms with E-state index in [9.17, 15) is 18.0 Å². The van der Waals surface area contributed by atoms with Crippen LogP contribution >= 0.6 is 11.3 Å². The van der Waals surface area contributed by atoms with E-state index in [4.69, 9.17) is 4.42 Å². The van der Waals surface area contributed by atoms with Gasteiger partial charge in [0.15, 0.2) is 11.5 Å². The van der Waals surface area contributed by atoms with Crippen molar-refractivity contribution in [2.45, 2.75) is 77.1 Å². The molecule has 0 atom stereocenters. The van der Waals surface area contributed by atoms with E-state index in [1.807, 2.05) is 12.1 Å². The number of fused-ring (bicyclic) bond motifs is 2. The highest BCUT2D eigenvalue weighted by Crippen LogP contribution is 2.31. The second-order valence-electron chi connectivity index (χ2n) is 9.99. The maximum absolute atomic E-state index is 12.9. The molecule has 1 aromatic carbocycles. The van der Waals surface area contributed by atoms with E-state index >= 15 is 0 Å².